The third-order valence-corrected chi connectivity index (χ3v) is 6.76. The molecule has 0 aromatic heterocycles. The average Bonchev–Trinajstić information content (AvgIpc) is 2.61. The molecule has 9 heteroatoms. The number of rotatable bonds is 12. The summed E-state index contributed by atoms with van der Waals surface area (Å²) >= 11 is 18.1. The minimum Gasteiger partial charge on any atom is -0.356 e. The molecule has 0 fully saturated rings. The van der Waals surface area contributed by atoms with E-state index in [4.69, 9.17) is 34.8 Å². The molecule has 5 nitrogen and oxygen atoms in total. The highest BCUT2D eigenvalue weighted by atomic mass is 35.5. The summed E-state index contributed by atoms with van der Waals surface area (Å²) in [7, 11) is -3.59. The van der Waals surface area contributed by atoms with Crippen LogP contribution in [0.5, 0.6) is 0 Å². The second-order valence-corrected chi connectivity index (χ2v) is 10.0. The van der Waals surface area contributed by atoms with Crippen molar-refractivity contribution in [2.24, 2.45) is 5.92 Å². The van der Waals surface area contributed by atoms with E-state index in [1.165, 1.54) is 12.1 Å². The van der Waals surface area contributed by atoms with E-state index >= 15 is 0 Å². The van der Waals surface area contributed by atoms with Gasteiger partial charge in [0.25, 0.3) is 0 Å². The maximum Gasteiger partial charge on any atom is 0.232 e. The average molecular weight is 472 g/mol. The van der Waals surface area contributed by atoms with E-state index in [-0.39, 0.29) is 39.6 Å². The fraction of sp³-hybridized carbons (Fsp3) is 0.632. The van der Waals surface area contributed by atoms with Crippen molar-refractivity contribution >= 4 is 56.4 Å². The number of sulfonamides is 1. The molecule has 0 saturated heterocycles. The van der Waals surface area contributed by atoms with Crippen LogP contribution in [0.4, 0.5) is 5.69 Å². The van der Waals surface area contributed by atoms with Gasteiger partial charge in [-0.1, -0.05) is 67.9 Å². The highest BCUT2D eigenvalue weighted by Crippen LogP contribution is 2.35. The Labute approximate surface area is 183 Å². The van der Waals surface area contributed by atoms with Crippen LogP contribution in [-0.4, -0.2) is 33.7 Å². The highest BCUT2D eigenvalue weighted by Gasteiger charge is 2.21. The summed E-state index contributed by atoms with van der Waals surface area (Å²) in [6.45, 7) is 5.05. The molecule has 0 heterocycles. The van der Waals surface area contributed by atoms with Crippen molar-refractivity contribution in [3.8, 4) is 0 Å². The molecular weight excluding hydrogens is 443 g/mol. The molecule has 1 N–H and O–H groups in total. The van der Waals surface area contributed by atoms with E-state index in [0.29, 0.717) is 18.9 Å². The molecule has 1 aromatic rings. The Hall–Kier alpha value is -0.690. The maximum absolute atomic E-state index is 12.2. The van der Waals surface area contributed by atoms with Gasteiger partial charge in [-0.25, -0.2) is 8.42 Å². The summed E-state index contributed by atoms with van der Waals surface area (Å²) in [5.74, 6) is 0.398. The number of hydrogen-bond donors (Lipinski definition) is 1. The van der Waals surface area contributed by atoms with Gasteiger partial charge < -0.3 is 5.32 Å². The van der Waals surface area contributed by atoms with Crippen LogP contribution < -0.4 is 9.62 Å². The summed E-state index contributed by atoms with van der Waals surface area (Å²) in [4.78, 5) is 12.1. The molecule has 0 saturated carbocycles. The summed E-state index contributed by atoms with van der Waals surface area (Å²) in [6.07, 6.45) is 6.11. The van der Waals surface area contributed by atoms with Crippen molar-refractivity contribution in [1.29, 1.82) is 0 Å². The van der Waals surface area contributed by atoms with Gasteiger partial charge in [0.2, 0.25) is 15.9 Å². The first-order valence-electron chi connectivity index (χ1n) is 9.49. The summed E-state index contributed by atoms with van der Waals surface area (Å²) in [6, 6.07) is 2.83. The predicted octanol–water partition coefficient (Wildman–Crippen LogP) is 5.53. The van der Waals surface area contributed by atoms with Gasteiger partial charge >= 0.3 is 0 Å². The number of nitrogens with zero attached hydrogens (tertiary/aromatic N) is 1. The first-order chi connectivity index (χ1) is 13.1. The second kappa shape index (κ2) is 12.1. The van der Waals surface area contributed by atoms with Crippen molar-refractivity contribution in [3.63, 3.8) is 0 Å². The van der Waals surface area contributed by atoms with Crippen LogP contribution in [0.2, 0.25) is 15.1 Å². The molecule has 160 valence electrons. The van der Waals surface area contributed by atoms with Crippen LogP contribution >= 0.6 is 34.8 Å². The van der Waals surface area contributed by atoms with E-state index < -0.39 is 10.0 Å². The summed E-state index contributed by atoms with van der Waals surface area (Å²) in [5.41, 5.74) is 0.254. The lowest BCUT2D eigenvalue weighted by atomic mass is 9.99. The number of hydrogen-bond acceptors (Lipinski definition) is 3. The normalized spacial score (nSPS) is 12.6. The number of amides is 1. The Balaban J connectivity index is 2.66. The van der Waals surface area contributed by atoms with E-state index in [1.54, 1.807) is 0 Å². The van der Waals surface area contributed by atoms with Crippen LogP contribution in [0.1, 0.15) is 52.4 Å². The van der Waals surface area contributed by atoms with Crippen molar-refractivity contribution in [2.45, 2.75) is 52.4 Å². The Morgan fingerprint density at radius 1 is 1.11 bits per heavy atom. The molecule has 0 aliphatic carbocycles. The largest absolute Gasteiger partial charge is 0.356 e. The Bertz CT molecular complexity index is 757. The van der Waals surface area contributed by atoms with Crippen molar-refractivity contribution < 1.29 is 13.2 Å². The SMILES string of the molecule is CCCC[C@@H](CC)CNC(=O)CCCN(c1cc(Cl)c(Cl)cc1Cl)S(C)(=O)=O. The molecular formula is C19H29Cl3N2O3S. The Morgan fingerprint density at radius 3 is 2.32 bits per heavy atom. The predicted molar refractivity (Wildman–Crippen MR) is 119 cm³/mol. The zero-order valence-corrected chi connectivity index (χ0v) is 19.7. The molecule has 0 aliphatic heterocycles. The minimum absolute atomic E-state index is 0.0800. The zero-order chi connectivity index (χ0) is 21.3. The van der Waals surface area contributed by atoms with Gasteiger partial charge in [-0.15, -0.1) is 0 Å². The number of unbranched alkanes of at least 4 members (excludes halogenated alkanes) is 1. The molecule has 1 rings (SSSR count). The number of carbonyl (C=O) groups is 1. The van der Waals surface area contributed by atoms with E-state index in [9.17, 15) is 13.2 Å². The third kappa shape index (κ3) is 8.36. The quantitative estimate of drug-likeness (QED) is 0.408. The van der Waals surface area contributed by atoms with Crippen molar-refractivity contribution in [3.05, 3.63) is 27.2 Å². The maximum atomic E-state index is 12.2. The first-order valence-corrected chi connectivity index (χ1v) is 12.5. The number of benzene rings is 1. The van der Waals surface area contributed by atoms with Gasteiger partial charge in [0, 0.05) is 19.5 Å². The minimum atomic E-state index is -3.59. The molecule has 0 unspecified atom stereocenters. The number of nitrogens with one attached hydrogen (secondary N) is 1. The van der Waals surface area contributed by atoms with E-state index in [1.807, 2.05) is 0 Å². The molecule has 28 heavy (non-hydrogen) atoms. The monoisotopic (exact) mass is 470 g/mol. The number of anilines is 1. The second-order valence-electron chi connectivity index (χ2n) is 6.88. The van der Waals surface area contributed by atoms with Crippen LogP contribution in [0.25, 0.3) is 0 Å². The van der Waals surface area contributed by atoms with E-state index in [0.717, 1.165) is 36.2 Å². The van der Waals surface area contributed by atoms with Crippen LogP contribution in [0.3, 0.4) is 0 Å². The van der Waals surface area contributed by atoms with Gasteiger partial charge in [0.05, 0.1) is 27.0 Å². The van der Waals surface area contributed by atoms with Crippen LogP contribution in [-0.2, 0) is 14.8 Å². The van der Waals surface area contributed by atoms with Gasteiger partial charge in [-0.2, -0.15) is 0 Å². The fourth-order valence-corrected chi connectivity index (χ4v) is 4.50. The lowest BCUT2D eigenvalue weighted by Gasteiger charge is -2.24. The Morgan fingerprint density at radius 2 is 1.75 bits per heavy atom. The molecule has 1 amide bonds. The summed E-state index contributed by atoms with van der Waals surface area (Å²) in [5, 5.41) is 3.60. The third-order valence-electron chi connectivity index (χ3n) is 4.55. The van der Waals surface area contributed by atoms with Crippen molar-refractivity contribution in [2.75, 3.05) is 23.7 Å². The molecule has 0 bridgehead atoms. The molecule has 1 atom stereocenters. The number of halogens is 3. The van der Waals surface area contributed by atoms with Crippen LogP contribution in [0.15, 0.2) is 12.1 Å². The molecule has 1 aromatic carbocycles. The van der Waals surface area contributed by atoms with Gasteiger partial charge in [-0.05, 0) is 30.9 Å². The van der Waals surface area contributed by atoms with Crippen LogP contribution in [0, 0.1) is 5.92 Å². The first kappa shape index (κ1) is 25.3. The number of carbonyl (C=O) groups excluding carboxylic acids is 1. The lowest BCUT2D eigenvalue weighted by Crippen LogP contribution is -2.33. The molecule has 0 radical (unpaired) electrons. The van der Waals surface area contributed by atoms with Crippen molar-refractivity contribution in [1.82, 2.24) is 5.32 Å². The van der Waals surface area contributed by atoms with Gasteiger partial charge in [0.1, 0.15) is 0 Å². The fourth-order valence-electron chi connectivity index (χ4n) is 2.84. The smallest absolute Gasteiger partial charge is 0.232 e. The topological polar surface area (TPSA) is 66.5 Å². The molecule has 0 aliphatic rings. The van der Waals surface area contributed by atoms with E-state index in [2.05, 4.69) is 19.2 Å². The summed E-state index contributed by atoms with van der Waals surface area (Å²) < 4.78 is 25.6. The highest BCUT2D eigenvalue weighted by molar-refractivity contribution is 7.92. The zero-order valence-electron chi connectivity index (χ0n) is 16.6. The molecule has 0 spiro atoms. The Kier molecular flexibility index (Phi) is 11.0. The van der Waals surface area contributed by atoms with Gasteiger partial charge in [-0.3, -0.25) is 9.10 Å². The standard InChI is InChI=1S/C19H29Cl3N2O3S/c1-4-6-8-14(5-2)13-23-19(25)9-7-10-24(28(3,26)27)18-12-16(21)15(20)11-17(18)22/h11-12,14H,4-10,13H2,1-3H3,(H,23,25)/t14-/m1/s1. The van der Waals surface area contributed by atoms with Gasteiger partial charge in [0.15, 0.2) is 0 Å². The lowest BCUT2D eigenvalue weighted by molar-refractivity contribution is -0.121.